The van der Waals surface area contributed by atoms with Crippen molar-refractivity contribution in [2.45, 2.75) is 64.0 Å². The van der Waals surface area contributed by atoms with Gasteiger partial charge in [0.1, 0.15) is 0 Å². The number of nitrogens with one attached hydrogen (secondary N) is 1. The van der Waals surface area contributed by atoms with E-state index in [-0.39, 0.29) is 0 Å². The lowest BCUT2D eigenvalue weighted by Crippen LogP contribution is -2.58. The minimum absolute atomic E-state index is 0.814. The van der Waals surface area contributed by atoms with Crippen molar-refractivity contribution >= 4 is 0 Å². The fourth-order valence-corrected chi connectivity index (χ4v) is 5.22. The molecule has 2 bridgehead atoms. The fourth-order valence-electron chi connectivity index (χ4n) is 5.22. The fraction of sp³-hybridized carbons (Fsp3) is 1.00. The molecule has 19 heavy (non-hydrogen) atoms. The molecule has 0 aromatic rings. The maximum absolute atomic E-state index is 3.83. The summed E-state index contributed by atoms with van der Waals surface area (Å²) in [4.78, 5) is 2.88. The van der Waals surface area contributed by atoms with E-state index in [0.717, 1.165) is 35.8 Å². The van der Waals surface area contributed by atoms with Crippen LogP contribution in [0.3, 0.4) is 0 Å². The largest absolute Gasteiger partial charge is 0.311 e. The lowest BCUT2D eigenvalue weighted by molar-refractivity contribution is 0.0869. The van der Waals surface area contributed by atoms with Gasteiger partial charge < -0.3 is 5.32 Å². The van der Waals surface area contributed by atoms with Crippen molar-refractivity contribution in [3.8, 4) is 0 Å². The molecule has 1 aliphatic heterocycles. The Morgan fingerprint density at radius 2 is 1.89 bits per heavy atom. The number of piperazine rings is 1. The Morgan fingerprint density at radius 1 is 1.05 bits per heavy atom. The van der Waals surface area contributed by atoms with E-state index >= 15 is 0 Å². The Hall–Kier alpha value is -0.0800. The van der Waals surface area contributed by atoms with E-state index in [2.05, 4.69) is 17.1 Å². The van der Waals surface area contributed by atoms with Crippen molar-refractivity contribution in [1.82, 2.24) is 10.2 Å². The molecular weight excluding hydrogens is 232 g/mol. The number of nitrogens with zero attached hydrogens (tertiary/aromatic N) is 1. The highest BCUT2D eigenvalue weighted by atomic mass is 15.2. The smallest absolute Gasteiger partial charge is 0.0224 e. The number of hydrogen-bond donors (Lipinski definition) is 1. The summed E-state index contributed by atoms with van der Waals surface area (Å²) in [5.74, 6) is 4.26. The van der Waals surface area contributed by atoms with Crippen LogP contribution >= 0.6 is 0 Å². The molecule has 5 atom stereocenters. The molecule has 1 N–H and O–H groups in total. The van der Waals surface area contributed by atoms with Gasteiger partial charge in [-0.15, -0.1) is 0 Å². The van der Waals surface area contributed by atoms with Crippen molar-refractivity contribution < 1.29 is 0 Å². The predicted octanol–water partition coefficient (Wildman–Crippen LogP) is 2.89. The first kappa shape index (κ1) is 12.6. The van der Waals surface area contributed by atoms with E-state index in [9.17, 15) is 0 Å². The molecule has 2 heteroatoms. The summed E-state index contributed by atoms with van der Waals surface area (Å²) in [7, 11) is 0. The number of rotatable bonds is 4. The quantitative estimate of drug-likeness (QED) is 0.838. The first-order valence-corrected chi connectivity index (χ1v) is 8.81. The third-order valence-corrected chi connectivity index (χ3v) is 6.58. The van der Waals surface area contributed by atoms with E-state index < -0.39 is 0 Å². The van der Waals surface area contributed by atoms with Gasteiger partial charge in [0.15, 0.2) is 0 Å². The molecular formula is C17H30N2. The second-order valence-electron chi connectivity index (χ2n) is 7.80. The summed E-state index contributed by atoms with van der Waals surface area (Å²) in [6, 6.07) is 1.63. The summed E-state index contributed by atoms with van der Waals surface area (Å²) in [5, 5.41) is 3.83. The van der Waals surface area contributed by atoms with Gasteiger partial charge in [-0.2, -0.15) is 0 Å². The Labute approximate surface area is 118 Å². The molecule has 5 unspecified atom stereocenters. The van der Waals surface area contributed by atoms with Crippen LogP contribution in [0.1, 0.15) is 51.9 Å². The van der Waals surface area contributed by atoms with Gasteiger partial charge in [-0.3, -0.25) is 4.90 Å². The van der Waals surface area contributed by atoms with Crippen LogP contribution in [-0.2, 0) is 0 Å². The molecule has 4 rings (SSSR count). The standard InChI is InChI=1S/C17H30N2/c1-2-16-9-18-17(13-5-6-13)11-19(16)10-15-8-12-3-4-14(15)7-12/h12-18H,2-11H2,1H3. The first-order chi connectivity index (χ1) is 9.33. The van der Waals surface area contributed by atoms with E-state index in [1.54, 1.807) is 25.7 Å². The van der Waals surface area contributed by atoms with Gasteiger partial charge in [0, 0.05) is 31.7 Å². The highest BCUT2D eigenvalue weighted by Crippen LogP contribution is 2.48. The van der Waals surface area contributed by atoms with Gasteiger partial charge in [-0.05, 0) is 62.2 Å². The Kier molecular flexibility index (Phi) is 3.35. The molecule has 4 fully saturated rings. The summed E-state index contributed by atoms with van der Waals surface area (Å²) >= 11 is 0. The molecule has 1 heterocycles. The Bertz CT molecular complexity index is 325. The maximum Gasteiger partial charge on any atom is 0.0224 e. The molecule has 4 aliphatic rings. The summed E-state index contributed by atoms with van der Waals surface area (Å²) in [6.45, 7) is 6.39. The van der Waals surface area contributed by atoms with E-state index in [0.29, 0.717) is 0 Å². The van der Waals surface area contributed by atoms with Crippen LogP contribution in [0.2, 0.25) is 0 Å². The lowest BCUT2D eigenvalue weighted by atomic mass is 9.87. The average Bonchev–Trinajstić information content (AvgIpc) is 3.09. The van der Waals surface area contributed by atoms with Crippen molar-refractivity contribution in [2.75, 3.05) is 19.6 Å². The molecule has 0 spiro atoms. The van der Waals surface area contributed by atoms with Gasteiger partial charge in [-0.1, -0.05) is 13.3 Å². The summed E-state index contributed by atoms with van der Waals surface area (Å²) in [6.07, 6.45) is 10.5. The molecule has 3 saturated carbocycles. The minimum atomic E-state index is 0.814. The summed E-state index contributed by atoms with van der Waals surface area (Å²) < 4.78 is 0. The van der Waals surface area contributed by atoms with E-state index in [1.165, 1.54) is 38.9 Å². The van der Waals surface area contributed by atoms with Gasteiger partial charge >= 0.3 is 0 Å². The Morgan fingerprint density at radius 3 is 2.53 bits per heavy atom. The number of hydrogen-bond acceptors (Lipinski definition) is 2. The van der Waals surface area contributed by atoms with Crippen LogP contribution in [0.4, 0.5) is 0 Å². The highest BCUT2D eigenvalue weighted by molar-refractivity contribution is 4.97. The van der Waals surface area contributed by atoms with Gasteiger partial charge in [0.2, 0.25) is 0 Å². The second kappa shape index (κ2) is 5.04. The van der Waals surface area contributed by atoms with E-state index in [4.69, 9.17) is 0 Å². The molecule has 3 aliphatic carbocycles. The molecule has 0 amide bonds. The normalized spacial score (nSPS) is 46.9. The number of fused-ring (bicyclic) bond motifs is 2. The lowest BCUT2D eigenvalue weighted by Gasteiger charge is -2.42. The third kappa shape index (κ3) is 2.47. The molecule has 1 saturated heterocycles. The summed E-state index contributed by atoms with van der Waals surface area (Å²) in [5.41, 5.74) is 0. The monoisotopic (exact) mass is 262 g/mol. The zero-order chi connectivity index (χ0) is 12.8. The van der Waals surface area contributed by atoms with Gasteiger partial charge in [0.05, 0.1) is 0 Å². The van der Waals surface area contributed by atoms with E-state index in [1.807, 2.05) is 0 Å². The topological polar surface area (TPSA) is 15.3 Å². The molecule has 0 aromatic carbocycles. The minimum Gasteiger partial charge on any atom is -0.311 e. The van der Waals surface area contributed by atoms with Crippen molar-refractivity contribution in [2.24, 2.45) is 23.7 Å². The SMILES string of the molecule is CCC1CNC(C2CC2)CN1CC1CC2CCC1C2. The van der Waals surface area contributed by atoms with Crippen LogP contribution in [0.5, 0.6) is 0 Å². The van der Waals surface area contributed by atoms with Crippen molar-refractivity contribution in [3.63, 3.8) is 0 Å². The average molecular weight is 262 g/mol. The first-order valence-electron chi connectivity index (χ1n) is 8.81. The van der Waals surface area contributed by atoms with Crippen molar-refractivity contribution in [3.05, 3.63) is 0 Å². The molecule has 0 aromatic heterocycles. The maximum atomic E-state index is 3.83. The highest BCUT2D eigenvalue weighted by Gasteiger charge is 2.42. The zero-order valence-electron chi connectivity index (χ0n) is 12.5. The zero-order valence-corrected chi connectivity index (χ0v) is 12.5. The molecule has 0 radical (unpaired) electrons. The molecule has 108 valence electrons. The predicted molar refractivity (Wildman–Crippen MR) is 79.1 cm³/mol. The van der Waals surface area contributed by atoms with Crippen LogP contribution in [0.25, 0.3) is 0 Å². The van der Waals surface area contributed by atoms with Crippen LogP contribution in [0, 0.1) is 23.7 Å². The third-order valence-electron chi connectivity index (χ3n) is 6.58. The van der Waals surface area contributed by atoms with Crippen LogP contribution in [0.15, 0.2) is 0 Å². The van der Waals surface area contributed by atoms with Crippen molar-refractivity contribution in [1.29, 1.82) is 0 Å². The second-order valence-corrected chi connectivity index (χ2v) is 7.80. The van der Waals surface area contributed by atoms with Crippen LogP contribution in [-0.4, -0.2) is 36.6 Å². The van der Waals surface area contributed by atoms with Crippen LogP contribution < -0.4 is 5.32 Å². The Balaban J connectivity index is 1.38. The molecule has 2 nitrogen and oxygen atoms in total. The van der Waals surface area contributed by atoms with Gasteiger partial charge in [0.25, 0.3) is 0 Å². The van der Waals surface area contributed by atoms with Gasteiger partial charge in [-0.25, -0.2) is 0 Å².